The Morgan fingerprint density at radius 2 is 2.14 bits per heavy atom. The molecule has 0 bridgehead atoms. The summed E-state index contributed by atoms with van der Waals surface area (Å²) in [5, 5.41) is 3.40. The molecule has 0 saturated carbocycles. The van der Waals surface area contributed by atoms with Gasteiger partial charge in [0.05, 0.1) is 19.3 Å². The molecule has 1 aliphatic heterocycles. The molecule has 1 aliphatic rings. The maximum absolute atomic E-state index is 5.88. The highest BCUT2D eigenvalue weighted by atomic mass is 16.6. The Morgan fingerprint density at radius 1 is 1.33 bits per heavy atom. The third-order valence-corrected chi connectivity index (χ3v) is 3.94. The molecule has 21 heavy (non-hydrogen) atoms. The first-order chi connectivity index (χ1) is 10.1. The van der Waals surface area contributed by atoms with Gasteiger partial charge in [0.1, 0.15) is 6.61 Å². The fourth-order valence-electron chi connectivity index (χ4n) is 2.69. The van der Waals surface area contributed by atoms with Crippen LogP contribution in [0.15, 0.2) is 18.2 Å². The summed E-state index contributed by atoms with van der Waals surface area (Å²) in [6, 6.07) is 6.42. The largest absolute Gasteiger partial charge is 0.493 e. The zero-order valence-corrected chi connectivity index (χ0v) is 13.5. The van der Waals surface area contributed by atoms with Gasteiger partial charge in [0.25, 0.3) is 0 Å². The molecule has 118 valence electrons. The van der Waals surface area contributed by atoms with E-state index >= 15 is 0 Å². The molecule has 1 heterocycles. The molecule has 2 rings (SSSR count). The Bertz CT molecular complexity index is 450. The van der Waals surface area contributed by atoms with Crippen LogP contribution < -0.4 is 14.8 Å². The lowest BCUT2D eigenvalue weighted by Gasteiger charge is -2.18. The average molecular weight is 293 g/mol. The van der Waals surface area contributed by atoms with E-state index in [2.05, 4.69) is 32.2 Å². The van der Waals surface area contributed by atoms with Crippen molar-refractivity contribution in [1.82, 2.24) is 5.32 Å². The third kappa shape index (κ3) is 4.35. The predicted octanol–water partition coefficient (Wildman–Crippen LogP) is 3.31. The Hall–Kier alpha value is -1.26. The van der Waals surface area contributed by atoms with E-state index in [1.54, 1.807) is 7.11 Å². The SMILES string of the molecule is CCNC(C)c1ccc(OCC2CCC(C)O2)c(OC)c1. The van der Waals surface area contributed by atoms with E-state index < -0.39 is 0 Å². The molecule has 1 saturated heterocycles. The van der Waals surface area contributed by atoms with Gasteiger partial charge in [-0.2, -0.15) is 0 Å². The van der Waals surface area contributed by atoms with Gasteiger partial charge in [0.2, 0.25) is 0 Å². The smallest absolute Gasteiger partial charge is 0.161 e. The Labute approximate surface area is 127 Å². The highest BCUT2D eigenvalue weighted by Gasteiger charge is 2.22. The van der Waals surface area contributed by atoms with Crippen molar-refractivity contribution in [2.24, 2.45) is 0 Å². The van der Waals surface area contributed by atoms with Crippen molar-refractivity contribution in [2.75, 3.05) is 20.3 Å². The van der Waals surface area contributed by atoms with Gasteiger partial charge in [0, 0.05) is 6.04 Å². The van der Waals surface area contributed by atoms with Crippen LogP contribution in [-0.2, 0) is 4.74 Å². The fourth-order valence-corrected chi connectivity index (χ4v) is 2.69. The molecule has 3 atom stereocenters. The quantitative estimate of drug-likeness (QED) is 0.837. The van der Waals surface area contributed by atoms with Crippen LogP contribution in [0.1, 0.15) is 45.2 Å². The second kappa shape index (κ2) is 7.66. The number of nitrogens with one attached hydrogen (secondary N) is 1. The average Bonchev–Trinajstić information content (AvgIpc) is 2.90. The van der Waals surface area contributed by atoms with Crippen LogP contribution in [0.25, 0.3) is 0 Å². The summed E-state index contributed by atoms with van der Waals surface area (Å²) in [4.78, 5) is 0. The van der Waals surface area contributed by atoms with Gasteiger partial charge in [-0.25, -0.2) is 0 Å². The zero-order valence-electron chi connectivity index (χ0n) is 13.5. The van der Waals surface area contributed by atoms with Gasteiger partial charge in [-0.1, -0.05) is 13.0 Å². The first kappa shape index (κ1) is 16.1. The minimum atomic E-state index is 0.199. The molecule has 1 N–H and O–H groups in total. The number of ether oxygens (including phenoxy) is 3. The Balaban J connectivity index is 1.99. The van der Waals surface area contributed by atoms with Crippen molar-refractivity contribution >= 4 is 0 Å². The van der Waals surface area contributed by atoms with Crippen LogP contribution >= 0.6 is 0 Å². The summed E-state index contributed by atoms with van der Waals surface area (Å²) < 4.78 is 17.1. The standard InChI is InChI=1S/C17H27NO3/c1-5-18-13(3)14-7-9-16(17(10-14)19-4)20-11-15-8-6-12(2)21-15/h7,9-10,12-13,15,18H,5-6,8,11H2,1-4H3. The number of methoxy groups -OCH3 is 1. The van der Waals surface area contributed by atoms with Crippen LogP contribution in [0, 0.1) is 0 Å². The predicted molar refractivity (Wildman–Crippen MR) is 84.1 cm³/mol. The lowest BCUT2D eigenvalue weighted by Crippen LogP contribution is -2.19. The first-order valence-corrected chi connectivity index (χ1v) is 7.83. The van der Waals surface area contributed by atoms with Crippen molar-refractivity contribution in [2.45, 2.75) is 51.9 Å². The van der Waals surface area contributed by atoms with Gasteiger partial charge in [-0.3, -0.25) is 0 Å². The summed E-state index contributed by atoms with van der Waals surface area (Å²) in [5.41, 5.74) is 1.20. The van der Waals surface area contributed by atoms with Crippen LogP contribution in [0.3, 0.4) is 0 Å². The molecule has 0 aromatic heterocycles. The molecule has 3 unspecified atom stereocenters. The van der Waals surface area contributed by atoms with E-state index in [1.807, 2.05) is 12.1 Å². The van der Waals surface area contributed by atoms with E-state index in [1.165, 1.54) is 5.56 Å². The van der Waals surface area contributed by atoms with Gasteiger partial charge < -0.3 is 19.5 Å². The molecule has 1 aromatic carbocycles. The maximum atomic E-state index is 5.88. The van der Waals surface area contributed by atoms with Gasteiger partial charge in [0.15, 0.2) is 11.5 Å². The topological polar surface area (TPSA) is 39.7 Å². The summed E-state index contributed by atoms with van der Waals surface area (Å²) in [6.07, 6.45) is 2.73. The molecule has 0 amide bonds. The van der Waals surface area contributed by atoms with Crippen molar-refractivity contribution in [1.29, 1.82) is 0 Å². The van der Waals surface area contributed by atoms with Crippen molar-refractivity contribution in [3.8, 4) is 11.5 Å². The van der Waals surface area contributed by atoms with E-state index in [0.29, 0.717) is 18.8 Å². The fraction of sp³-hybridized carbons (Fsp3) is 0.647. The number of benzene rings is 1. The summed E-state index contributed by atoms with van der Waals surface area (Å²) in [6.45, 7) is 7.89. The van der Waals surface area contributed by atoms with E-state index in [4.69, 9.17) is 14.2 Å². The number of hydrogen-bond acceptors (Lipinski definition) is 4. The number of rotatable bonds is 7. The number of hydrogen-bond donors (Lipinski definition) is 1. The molecule has 0 radical (unpaired) electrons. The van der Waals surface area contributed by atoms with Gasteiger partial charge in [-0.15, -0.1) is 0 Å². The monoisotopic (exact) mass is 293 g/mol. The molecular formula is C17H27NO3. The molecule has 1 fully saturated rings. The molecule has 0 spiro atoms. The highest BCUT2D eigenvalue weighted by Crippen LogP contribution is 2.31. The highest BCUT2D eigenvalue weighted by molar-refractivity contribution is 5.43. The van der Waals surface area contributed by atoms with Crippen LogP contribution in [0.2, 0.25) is 0 Å². The van der Waals surface area contributed by atoms with E-state index in [-0.39, 0.29) is 6.10 Å². The molecule has 0 aliphatic carbocycles. The molecule has 4 nitrogen and oxygen atoms in total. The first-order valence-electron chi connectivity index (χ1n) is 7.83. The lowest BCUT2D eigenvalue weighted by atomic mass is 10.1. The van der Waals surface area contributed by atoms with Gasteiger partial charge >= 0.3 is 0 Å². The second-order valence-electron chi connectivity index (χ2n) is 5.65. The third-order valence-electron chi connectivity index (χ3n) is 3.94. The second-order valence-corrected chi connectivity index (χ2v) is 5.65. The van der Waals surface area contributed by atoms with E-state index in [9.17, 15) is 0 Å². The minimum Gasteiger partial charge on any atom is -0.493 e. The van der Waals surface area contributed by atoms with Crippen molar-refractivity contribution in [3.05, 3.63) is 23.8 Å². The minimum absolute atomic E-state index is 0.199. The Kier molecular flexibility index (Phi) is 5.88. The van der Waals surface area contributed by atoms with Gasteiger partial charge in [-0.05, 0) is 50.9 Å². The molecule has 4 heteroatoms. The summed E-state index contributed by atoms with van der Waals surface area (Å²) >= 11 is 0. The van der Waals surface area contributed by atoms with Crippen molar-refractivity contribution in [3.63, 3.8) is 0 Å². The van der Waals surface area contributed by atoms with Crippen LogP contribution in [0.5, 0.6) is 11.5 Å². The molecular weight excluding hydrogens is 266 g/mol. The summed E-state index contributed by atoms with van der Waals surface area (Å²) in [5.74, 6) is 1.57. The van der Waals surface area contributed by atoms with Crippen LogP contribution in [0.4, 0.5) is 0 Å². The normalized spacial score (nSPS) is 23.0. The van der Waals surface area contributed by atoms with E-state index in [0.717, 1.165) is 30.9 Å². The molecule has 1 aromatic rings. The van der Waals surface area contributed by atoms with Crippen LogP contribution in [-0.4, -0.2) is 32.5 Å². The Morgan fingerprint density at radius 3 is 2.76 bits per heavy atom. The summed E-state index contributed by atoms with van der Waals surface area (Å²) in [7, 11) is 1.68. The maximum Gasteiger partial charge on any atom is 0.161 e. The lowest BCUT2D eigenvalue weighted by molar-refractivity contribution is 0.0259. The zero-order chi connectivity index (χ0) is 15.2. The van der Waals surface area contributed by atoms with Crippen molar-refractivity contribution < 1.29 is 14.2 Å².